The molecule has 3 nitrogen and oxygen atoms in total. The Labute approximate surface area is 99.7 Å². The molecule has 1 aromatic heterocycles. The number of carboxylic acids is 1. The average Bonchev–Trinajstić information content (AvgIpc) is 2.57. The van der Waals surface area contributed by atoms with Gasteiger partial charge in [0.1, 0.15) is 5.69 Å². The monoisotopic (exact) mass is 227 g/mol. The molecule has 1 heterocycles. The predicted octanol–water partition coefficient (Wildman–Crippen LogP) is 2.59. The lowest BCUT2D eigenvalue weighted by atomic mass is 10.1. The Bertz CT molecular complexity index is 644. The van der Waals surface area contributed by atoms with Gasteiger partial charge in [0.15, 0.2) is 0 Å². The summed E-state index contributed by atoms with van der Waals surface area (Å²) in [4.78, 5) is 11.2. The number of hydrogen-bond donors (Lipinski definition) is 1. The molecule has 2 rings (SSSR count). The van der Waals surface area contributed by atoms with Crippen molar-refractivity contribution in [2.75, 3.05) is 0 Å². The van der Waals surface area contributed by atoms with Crippen LogP contribution in [0.25, 0.3) is 10.9 Å². The molecule has 1 aromatic carbocycles. The zero-order chi connectivity index (χ0) is 12.6. The van der Waals surface area contributed by atoms with E-state index in [-0.39, 0.29) is 12.2 Å². The molecular weight excluding hydrogens is 214 g/mol. The third kappa shape index (κ3) is 1.78. The van der Waals surface area contributed by atoms with Crippen LogP contribution >= 0.6 is 0 Å². The Kier molecular flexibility index (Phi) is 2.64. The molecule has 0 aliphatic heterocycles. The minimum absolute atomic E-state index is 0.242. The Balaban J connectivity index is 2.86. The first-order chi connectivity index (χ1) is 8.04. The van der Waals surface area contributed by atoms with E-state index < -0.39 is 5.97 Å². The topological polar surface area (TPSA) is 42.2 Å². The highest BCUT2D eigenvalue weighted by Crippen LogP contribution is 2.25. The van der Waals surface area contributed by atoms with Crippen molar-refractivity contribution in [2.24, 2.45) is 0 Å². The number of carbonyl (C=O) groups is 1. The van der Waals surface area contributed by atoms with Gasteiger partial charge in [-0.3, -0.25) is 0 Å². The maximum absolute atomic E-state index is 11.2. The summed E-state index contributed by atoms with van der Waals surface area (Å²) in [7, 11) is 0. The quantitative estimate of drug-likeness (QED) is 0.801. The number of aryl methyl sites for hydroxylation is 2. The Morgan fingerprint density at radius 1 is 1.41 bits per heavy atom. The first-order valence-corrected chi connectivity index (χ1v) is 5.32. The molecule has 0 atom stereocenters. The highest BCUT2D eigenvalue weighted by Gasteiger charge is 2.15. The fourth-order valence-corrected chi connectivity index (χ4v) is 2.25. The molecule has 0 saturated carbocycles. The van der Waals surface area contributed by atoms with Gasteiger partial charge in [-0.25, -0.2) is 4.79 Å². The molecule has 86 valence electrons. The molecule has 0 radical (unpaired) electrons. The summed E-state index contributed by atoms with van der Waals surface area (Å²) in [6.45, 7) is 4.23. The fourth-order valence-electron chi connectivity index (χ4n) is 2.25. The summed E-state index contributed by atoms with van der Waals surface area (Å²) in [6, 6.07) is 5.68. The van der Waals surface area contributed by atoms with E-state index in [0.717, 1.165) is 22.0 Å². The first kappa shape index (κ1) is 11.3. The first-order valence-electron chi connectivity index (χ1n) is 5.32. The van der Waals surface area contributed by atoms with E-state index in [1.165, 1.54) is 0 Å². The van der Waals surface area contributed by atoms with Gasteiger partial charge in [-0.1, -0.05) is 17.6 Å². The summed E-state index contributed by atoms with van der Waals surface area (Å²) >= 11 is 0. The maximum Gasteiger partial charge on any atom is 0.352 e. The minimum Gasteiger partial charge on any atom is -0.477 e. The van der Waals surface area contributed by atoms with Crippen molar-refractivity contribution in [2.45, 2.75) is 20.4 Å². The molecule has 0 fully saturated rings. The molecule has 2 aromatic rings. The summed E-state index contributed by atoms with van der Waals surface area (Å²) in [5, 5.41) is 10.1. The summed E-state index contributed by atoms with van der Waals surface area (Å²) in [5.74, 6) is 1.55. The highest BCUT2D eigenvalue weighted by molar-refractivity contribution is 5.96. The maximum atomic E-state index is 11.2. The molecule has 0 saturated heterocycles. The largest absolute Gasteiger partial charge is 0.477 e. The number of aromatic nitrogens is 1. The number of hydrogen-bond acceptors (Lipinski definition) is 1. The summed E-state index contributed by atoms with van der Waals surface area (Å²) in [6.07, 6.45) is 5.30. The van der Waals surface area contributed by atoms with E-state index in [2.05, 4.69) is 5.92 Å². The van der Waals surface area contributed by atoms with Crippen LogP contribution in [0.4, 0.5) is 0 Å². The van der Waals surface area contributed by atoms with Crippen molar-refractivity contribution in [3.8, 4) is 12.3 Å². The average molecular weight is 227 g/mol. The van der Waals surface area contributed by atoms with Gasteiger partial charge in [0.2, 0.25) is 0 Å². The number of benzene rings is 1. The van der Waals surface area contributed by atoms with Crippen molar-refractivity contribution in [3.63, 3.8) is 0 Å². The van der Waals surface area contributed by atoms with Crippen molar-refractivity contribution in [1.29, 1.82) is 0 Å². The number of fused-ring (bicyclic) bond motifs is 1. The minimum atomic E-state index is -0.950. The molecular formula is C14H13NO2. The van der Waals surface area contributed by atoms with Crippen LogP contribution in [-0.2, 0) is 6.54 Å². The lowest BCUT2D eigenvalue weighted by Gasteiger charge is -2.06. The van der Waals surface area contributed by atoms with Gasteiger partial charge in [0.25, 0.3) is 0 Å². The fraction of sp³-hybridized carbons (Fsp3) is 0.214. The SMILES string of the molecule is C#CCn1c(C(=O)O)cc2cc(C)cc(C)c21. The van der Waals surface area contributed by atoms with E-state index in [0.29, 0.717) is 0 Å². The van der Waals surface area contributed by atoms with Crippen molar-refractivity contribution < 1.29 is 9.90 Å². The Morgan fingerprint density at radius 2 is 2.12 bits per heavy atom. The predicted molar refractivity (Wildman–Crippen MR) is 67.2 cm³/mol. The van der Waals surface area contributed by atoms with E-state index in [9.17, 15) is 4.79 Å². The van der Waals surface area contributed by atoms with Crippen LogP contribution in [0.2, 0.25) is 0 Å². The van der Waals surface area contributed by atoms with Gasteiger partial charge in [0, 0.05) is 5.39 Å². The molecule has 0 bridgehead atoms. The van der Waals surface area contributed by atoms with Crippen LogP contribution in [0.1, 0.15) is 21.6 Å². The van der Waals surface area contributed by atoms with Gasteiger partial charge >= 0.3 is 5.97 Å². The second-order valence-electron chi connectivity index (χ2n) is 4.14. The third-order valence-corrected chi connectivity index (χ3v) is 2.80. The van der Waals surface area contributed by atoms with Crippen LogP contribution in [0, 0.1) is 26.2 Å². The number of rotatable bonds is 2. The molecule has 0 spiro atoms. The van der Waals surface area contributed by atoms with Gasteiger partial charge < -0.3 is 9.67 Å². The van der Waals surface area contributed by atoms with E-state index >= 15 is 0 Å². The second kappa shape index (κ2) is 3.99. The highest BCUT2D eigenvalue weighted by atomic mass is 16.4. The van der Waals surface area contributed by atoms with Crippen molar-refractivity contribution >= 4 is 16.9 Å². The normalized spacial score (nSPS) is 10.4. The third-order valence-electron chi connectivity index (χ3n) is 2.80. The van der Waals surface area contributed by atoms with Gasteiger partial charge in [-0.2, -0.15) is 0 Å². The van der Waals surface area contributed by atoms with Crippen LogP contribution in [0.15, 0.2) is 18.2 Å². The zero-order valence-corrected chi connectivity index (χ0v) is 9.82. The van der Waals surface area contributed by atoms with Gasteiger partial charge in [-0.15, -0.1) is 6.42 Å². The number of terminal acetylenes is 1. The summed E-state index contributed by atoms with van der Waals surface area (Å²) in [5.41, 5.74) is 3.31. The van der Waals surface area contributed by atoms with Gasteiger partial charge in [-0.05, 0) is 31.5 Å². The van der Waals surface area contributed by atoms with Crippen LogP contribution < -0.4 is 0 Å². The number of nitrogens with zero attached hydrogens (tertiary/aromatic N) is 1. The Hall–Kier alpha value is -2.21. The Morgan fingerprint density at radius 3 is 2.71 bits per heavy atom. The van der Waals surface area contributed by atoms with Crippen LogP contribution in [0.3, 0.4) is 0 Å². The molecule has 1 N–H and O–H groups in total. The standard InChI is InChI=1S/C14H13NO2/c1-4-5-15-12(14(16)17)8-11-7-9(2)6-10(3)13(11)15/h1,6-8H,5H2,2-3H3,(H,16,17). The molecule has 17 heavy (non-hydrogen) atoms. The van der Waals surface area contributed by atoms with E-state index in [1.54, 1.807) is 10.6 Å². The van der Waals surface area contributed by atoms with E-state index in [1.807, 2.05) is 26.0 Å². The van der Waals surface area contributed by atoms with Crippen LogP contribution in [-0.4, -0.2) is 15.6 Å². The molecule has 0 aliphatic carbocycles. The van der Waals surface area contributed by atoms with Crippen molar-refractivity contribution in [1.82, 2.24) is 4.57 Å². The number of carboxylic acid groups (broad SMARTS) is 1. The summed E-state index contributed by atoms with van der Waals surface area (Å²) < 4.78 is 1.67. The number of aromatic carboxylic acids is 1. The molecule has 0 aliphatic rings. The second-order valence-corrected chi connectivity index (χ2v) is 4.14. The smallest absolute Gasteiger partial charge is 0.352 e. The molecule has 0 unspecified atom stereocenters. The lowest BCUT2D eigenvalue weighted by Crippen LogP contribution is -2.07. The van der Waals surface area contributed by atoms with Gasteiger partial charge in [0.05, 0.1) is 12.1 Å². The van der Waals surface area contributed by atoms with Crippen LogP contribution in [0.5, 0.6) is 0 Å². The lowest BCUT2D eigenvalue weighted by molar-refractivity contribution is 0.0686. The van der Waals surface area contributed by atoms with E-state index in [4.69, 9.17) is 11.5 Å². The molecule has 3 heteroatoms. The zero-order valence-electron chi connectivity index (χ0n) is 9.82. The van der Waals surface area contributed by atoms with Crippen molar-refractivity contribution in [3.05, 3.63) is 35.0 Å². The molecule has 0 amide bonds.